The second-order valence-corrected chi connectivity index (χ2v) is 7.01. The standard InChI is InChI=1S/C18H25N5O3/c1-10-8-11(2)20-17(19-10)23-13(4)14(12(3)21-23)9-15(24)22(7)18(5,6)16(25)26/h8H,9H2,1-7H3,(H,25,26). The number of amides is 1. The number of likely N-dealkylation sites (N-methyl/N-ethyl adjacent to an activating group) is 1. The Kier molecular flexibility index (Phi) is 5.16. The highest BCUT2D eigenvalue weighted by Gasteiger charge is 2.35. The second-order valence-electron chi connectivity index (χ2n) is 7.01. The number of carboxylic acid groups (broad SMARTS) is 1. The van der Waals surface area contributed by atoms with Crippen molar-refractivity contribution in [2.45, 2.75) is 53.5 Å². The zero-order chi connectivity index (χ0) is 19.8. The Labute approximate surface area is 152 Å². The van der Waals surface area contributed by atoms with Crippen LogP contribution in [0.25, 0.3) is 5.95 Å². The van der Waals surface area contributed by atoms with Gasteiger partial charge in [-0.3, -0.25) is 4.79 Å². The number of nitrogens with zero attached hydrogens (tertiary/aromatic N) is 5. The number of aryl methyl sites for hydroxylation is 3. The van der Waals surface area contributed by atoms with Gasteiger partial charge in [-0.2, -0.15) is 5.10 Å². The van der Waals surface area contributed by atoms with Crippen molar-refractivity contribution < 1.29 is 14.7 Å². The molecule has 2 aromatic rings. The number of carbonyl (C=O) groups excluding carboxylic acids is 1. The van der Waals surface area contributed by atoms with Crippen molar-refractivity contribution in [3.63, 3.8) is 0 Å². The molecule has 2 aromatic heterocycles. The fraction of sp³-hybridized carbons (Fsp3) is 0.500. The van der Waals surface area contributed by atoms with Crippen LogP contribution in [0.5, 0.6) is 0 Å². The molecule has 0 saturated carbocycles. The molecule has 26 heavy (non-hydrogen) atoms. The molecular weight excluding hydrogens is 334 g/mol. The Morgan fingerprint density at radius 3 is 2.19 bits per heavy atom. The SMILES string of the molecule is Cc1cc(C)nc(-n2nc(C)c(CC(=O)N(C)C(C)(C)C(=O)O)c2C)n1. The Morgan fingerprint density at radius 1 is 1.15 bits per heavy atom. The lowest BCUT2D eigenvalue weighted by molar-refractivity contribution is -0.155. The molecule has 0 atom stereocenters. The van der Waals surface area contributed by atoms with Gasteiger partial charge in [-0.05, 0) is 47.6 Å². The highest BCUT2D eigenvalue weighted by molar-refractivity contribution is 5.87. The van der Waals surface area contributed by atoms with E-state index in [0.29, 0.717) is 11.6 Å². The summed E-state index contributed by atoms with van der Waals surface area (Å²) in [5, 5.41) is 13.8. The quantitative estimate of drug-likeness (QED) is 0.873. The van der Waals surface area contributed by atoms with Crippen LogP contribution in [0.15, 0.2) is 6.07 Å². The summed E-state index contributed by atoms with van der Waals surface area (Å²) >= 11 is 0. The molecule has 0 aromatic carbocycles. The first-order valence-electron chi connectivity index (χ1n) is 8.33. The van der Waals surface area contributed by atoms with Gasteiger partial charge >= 0.3 is 5.97 Å². The number of rotatable bonds is 5. The van der Waals surface area contributed by atoms with E-state index in [0.717, 1.165) is 22.6 Å². The highest BCUT2D eigenvalue weighted by atomic mass is 16.4. The lowest BCUT2D eigenvalue weighted by Gasteiger charge is -2.31. The molecular formula is C18H25N5O3. The maximum Gasteiger partial charge on any atom is 0.329 e. The number of aromatic nitrogens is 4. The third-order valence-electron chi connectivity index (χ3n) is 4.67. The summed E-state index contributed by atoms with van der Waals surface area (Å²) in [4.78, 5) is 34.1. The van der Waals surface area contributed by atoms with Crippen LogP contribution in [0.3, 0.4) is 0 Å². The molecule has 0 aliphatic carbocycles. The van der Waals surface area contributed by atoms with Gasteiger partial charge in [0, 0.05) is 29.7 Å². The first kappa shape index (κ1) is 19.6. The van der Waals surface area contributed by atoms with Crippen molar-refractivity contribution in [2.24, 2.45) is 0 Å². The predicted octanol–water partition coefficient (Wildman–Crippen LogP) is 1.76. The molecule has 1 amide bonds. The molecule has 0 aliphatic heterocycles. The summed E-state index contributed by atoms with van der Waals surface area (Å²) < 4.78 is 1.63. The van der Waals surface area contributed by atoms with Gasteiger partial charge in [0.2, 0.25) is 5.91 Å². The fourth-order valence-electron chi connectivity index (χ4n) is 2.65. The largest absolute Gasteiger partial charge is 0.480 e. The lowest BCUT2D eigenvalue weighted by Crippen LogP contribution is -2.51. The maximum absolute atomic E-state index is 12.6. The molecule has 0 saturated heterocycles. The van der Waals surface area contributed by atoms with Crippen molar-refractivity contribution in [1.82, 2.24) is 24.6 Å². The van der Waals surface area contributed by atoms with Gasteiger partial charge < -0.3 is 10.0 Å². The summed E-state index contributed by atoms with van der Waals surface area (Å²) in [5.74, 6) is -0.883. The van der Waals surface area contributed by atoms with Crippen LogP contribution >= 0.6 is 0 Å². The number of hydrogen-bond donors (Lipinski definition) is 1. The van der Waals surface area contributed by atoms with Gasteiger partial charge in [-0.15, -0.1) is 0 Å². The Balaban J connectivity index is 2.36. The molecule has 0 bridgehead atoms. The van der Waals surface area contributed by atoms with Gasteiger partial charge in [-0.1, -0.05) is 0 Å². The third-order valence-corrected chi connectivity index (χ3v) is 4.67. The molecule has 8 nitrogen and oxygen atoms in total. The summed E-state index contributed by atoms with van der Waals surface area (Å²) in [6.07, 6.45) is 0.0652. The van der Waals surface area contributed by atoms with Gasteiger partial charge in [0.15, 0.2) is 0 Å². The van der Waals surface area contributed by atoms with Gasteiger partial charge in [0.1, 0.15) is 5.54 Å². The number of carboxylic acids is 1. The summed E-state index contributed by atoms with van der Waals surface area (Å²) in [7, 11) is 1.50. The summed E-state index contributed by atoms with van der Waals surface area (Å²) in [6.45, 7) is 10.4. The van der Waals surface area contributed by atoms with E-state index < -0.39 is 11.5 Å². The van der Waals surface area contributed by atoms with E-state index >= 15 is 0 Å². The van der Waals surface area contributed by atoms with E-state index in [1.54, 1.807) is 4.68 Å². The van der Waals surface area contributed by atoms with Crippen LogP contribution in [-0.2, 0) is 16.0 Å². The van der Waals surface area contributed by atoms with Crippen LogP contribution in [0.2, 0.25) is 0 Å². The minimum Gasteiger partial charge on any atom is -0.480 e. The highest BCUT2D eigenvalue weighted by Crippen LogP contribution is 2.20. The second kappa shape index (κ2) is 6.86. The molecule has 2 heterocycles. The molecule has 0 spiro atoms. The van der Waals surface area contributed by atoms with Crippen LogP contribution in [0.4, 0.5) is 0 Å². The van der Waals surface area contributed by atoms with E-state index in [9.17, 15) is 14.7 Å². The molecule has 0 fully saturated rings. The monoisotopic (exact) mass is 359 g/mol. The van der Waals surface area contributed by atoms with Crippen molar-refractivity contribution in [1.29, 1.82) is 0 Å². The number of carbonyl (C=O) groups is 2. The molecule has 0 unspecified atom stereocenters. The molecule has 140 valence electrons. The molecule has 0 aliphatic rings. The lowest BCUT2D eigenvalue weighted by atomic mass is 10.0. The number of aliphatic carboxylic acids is 1. The van der Waals surface area contributed by atoms with Crippen LogP contribution < -0.4 is 0 Å². The normalized spacial score (nSPS) is 11.5. The Hall–Kier alpha value is -2.77. The molecule has 0 radical (unpaired) electrons. The first-order valence-corrected chi connectivity index (χ1v) is 8.33. The molecule has 1 N–H and O–H groups in total. The average Bonchev–Trinajstić information content (AvgIpc) is 2.81. The van der Waals surface area contributed by atoms with Crippen molar-refractivity contribution >= 4 is 11.9 Å². The fourth-order valence-corrected chi connectivity index (χ4v) is 2.65. The average molecular weight is 359 g/mol. The van der Waals surface area contributed by atoms with Crippen LogP contribution in [0.1, 0.15) is 42.2 Å². The van der Waals surface area contributed by atoms with E-state index in [1.165, 1.54) is 25.8 Å². The maximum atomic E-state index is 12.6. The van der Waals surface area contributed by atoms with E-state index in [-0.39, 0.29) is 12.3 Å². The third kappa shape index (κ3) is 3.58. The summed E-state index contributed by atoms with van der Waals surface area (Å²) in [6, 6.07) is 1.88. The zero-order valence-corrected chi connectivity index (χ0v) is 16.3. The smallest absolute Gasteiger partial charge is 0.329 e. The molecule has 2 rings (SSSR count). The Bertz CT molecular complexity index is 850. The first-order chi connectivity index (χ1) is 11.9. The van der Waals surface area contributed by atoms with Crippen LogP contribution in [0, 0.1) is 27.7 Å². The predicted molar refractivity (Wildman–Crippen MR) is 96.3 cm³/mol. The van der Waals surface area contributed by atoms with Crippen molar-refractivity contribution in [3.8, 4) is 5.95 Å². The van der Waals surface area contributed by atoms with Gasteiger partial charge in [0.25, 0.3) is 5.95 Å². The topological polar surface area (TPSA) is 101 Å². The van der Waals surface area contributed by atoms with Crippen molar-refractivity contribution in [2.75, 3.05) is 7.05 Å². The minimum atomic E-state index is -1.29. The number of hydrogen-bond acceptors (Lipinski definition) is 5. The Morgan fingerprint density at radius 2 is 1.69 bits per heavy atom. The zero-order valence-electron chi connectivity index (χ0n) is 16.3. The molecule has 8 heteroatoms. The van der Waals surface area contributed by atoms with Gasteiger partial charge in [0.05, 0.1) is 12.1 Å². The van der Waals surface area contributed by atoms with E-state index in [2.05, 4.69) is 15.1 Å². The van der Waals surface area contributed by atoms with Gasteiger partial charge in [-0.25, -0.2) is 19.4 Å². The van der Waals surface area contributed by atoms with E-state index in [1.807, 2.05) is 33.8 Å². The van der Waals surface area contributed by atoms with Crippen molar-refractivity contribution in [3.05, 3.63) is 34.4 Å². The van der Waals surface area contributed by atoms with Crippen LogP contribution in [-0.4, -0.2) is 54.2 Å². The minimum absolute atomic E-state index is 0.0652. The van der Waals surface area contributed by atoms with E-state index in [4.69, 9.17) is 0 Å². The summed E-state index contributed by atoms with van der Waals surface area (Å²) in [5.41, 5.74) is 2.60.